The van der Waals surface area contributed by atoms with Crippen LogP contribution in [0, 0.1) is 12.7 Å². The van der Waals surface area contributed by atoms with Crippen molar-refractivity contribution in [2.45, 2.75) is 13.3 Å². The molecule has 0 spiro atoms. The van der Waals surface area contributed by atoms with Crippen molar-refractivity contribution in [3.8, 4) is 0 Å². The third kappa shape index (κ3) is 2.79. The summed E-state index contributed by atoms with van der Waals surface area (Å²) in [4.78, 5) is 19.3. The van der Waals surface area contributed by atoms with E-state index in [2.05, 4.69) is 15.3 Å². The summed E-state index contributed by atoms with van der Waals surface area (Å²) in [6.07, 6.45) is 2.02. The summed E-state index contributed by atoms with van der Waals surface area (Å²) in [5.41, 5.74) is 1.90. The van der Waals surface area contributed by atoms with Crippen LogP contribution >= 0.6 is 0 Å². The molecule has 3 rings (SSSR count). The highest BCUT2D eigenvalue weighted by Gasteiger charge is 2.11. The molecule has 0 aliphatic rings. The molecule has 2 N–H and O–H groups in total. The van der Waals surface area contributed by atoms with E-state index in [9.17, 15) is 9.18 Å². The van der Waals surface area contributed by atoms with Gasteiger partial charge in [-0.1, -0.05) is 0 Å². The third-order valence-electron chi connectivity index (χ3n) is 3.24. The predicted molar refractivity (Wildman–Crippen MR) is 75.5 cm³/mol. The van der Waals surface area contributed by atoms with Crippen molar-refractivity contribution in [3.63, 3.8) is 0 Å². The Morgan fingerprint density at radius 3 is 3.05 bits per heavy atom. The smallest absolute Gasteiger partial charge is 0.254 e. The zero-order valence-electron chi connectivity index (χ0n) is 11.4. The van der Waals surface area contributed by atoms with E-state index in [4.69, 9.17) is 4.42 Å². The van der Waals surface area contributed by atoms with Gasteiger partial charge in [-0.25, -0.2) is 9.37 Å². The molecule has 0 radical (unpaired) electrons. The first-order chi connectivity index (χ1) is 10.1. The van der Waals surface area contributed by atoms with Crippen LogP contribution in [-0.2, 0) is 6.42 Å². The fourth-order valence-electron chi connectivity index (χ4n) is 2.16. The molecule has 0 aliphatic heterocycles. The Hall–Kier alpha value is -2.63. The van der Waals surface area contributed by atoms with E-state index in [0.29, 0.717) is 41.1 Å². The van der Waals surface area contributed by atoms with Gasteiger partial charge in [-0.15, -0.1) is 0 Å². The van der Waals surface area contributed by atoms with Crippen LogP contribution in [0.15, 0.2) is 34.9 Å². The topological polar surface area (TPSA) is 70.9 Å². The maximum atomic E-state index is 13.1. The number of hydrogen-bond acceptors (Lipinski definition) is 3. The summed E-state index contributed by atoms with van der Waals surface area (Å²) in [7, 11) is 0. The Morgan fingerprint density at radius 2 is 2.29 bits per heavy atom. The SMILES string of the molecule is Cc1occc1C(=O)NCCc1nc2ccc(F)cc2[nH]1. The largest absolute Gasteiger partial charge is 0.469 e. The normalized spacial score (nSPS) is 11.0. The summed E-state index contributed by atoms with van der Waals surface area (Å²) in [5, 5.41) is 2.80. The van der Waals surface area contributed by atoms with Crippen molar-refractivity contribution in [2.24, 2.45) is 0 Å². The van der Waals surface area contributed by atoms with E-state index in [1.54, 1.807) is 19.1 Å². The van der Waals surface area contributed by atoms with E-state index in [1.165, 1.54) is 18.4 Å². The number of rotatable bonds is 4. The van der Waals surface area contributed by atoms with Crippen LogP contribution in [0.2, 0.25) is 0 Å². The summed E-state index contributed by atoms with van der Waals surface area (Å²) in [6, 6.07) is 6.03. The van der Waals surface area contributed by atoms with Gasteiger partial charge < -0.3 is 14.7 Å². The lowest BCUT2D eigenvalue weighted by Crippen LogP contribution is -2.26. The Kier molecular flexibility index (Phi) is 3.43. The first-order valence-corrected chi connectivity index (χ1v) is 6.60. The highest BCUT2D eigenvalue weighted by Crippen LogP contribution is 2.13. The highest BCUT2D eigenvalue weighted by atomic mass is 19.1. The van der Waals surface area contributed by atoms with E-state index >= 15 is 0 Å². The maximum absolute atomic E-state index is 13.1. The van der Waals surface area contributed by atoms with E-state index in [-0.39, 0.29) is 11.7 Å². The lowest BCUT2D eigenvalue weighted by atomic mass is 10.2. The number of amides is 1. The minimum Gasteiger partial charge on any atom is -0.469 e. The van der Waals surface area contributed by atoms with Crippen molar-refractivity contribution in [1.82, 2.24) is 15.3 Å². The van der Waals surface area contributed by atoms with Crippen LogP contribution in [0.25, 0.3) is 11.0 Å². The average molecular weight is 287 g/mol. The van der Waals surface area contributed by atoms with Crippen LogP contribution < -0.4 is 5.32 Å². The molecule has 0 unspecified atom stereocenters. The van der Waals surface area contributed by atoms with Gasteiger partial charge in [0, 0.05) is 13.0 Å². The van der Waals surface area contributed by atoms with Crippen molar-refractivity contribution in [3.05, 3.63) is 53.5 Å². The number of imidazole rings is 1. The lowest BCUT2D eigenvalue weighted by molar-refractivity contribution is 0.0952. The number of carbonyl (C=O) groups excluding carboxylic acids is 1. The van der Waals surface area contributed by atoms with Crippen LogP contribution in [0.1, 0.15) is 21.9 Å². The fraction of sp³-hybridized carbons (Fsp3) is 0.200. The monoisotopic (exact) mass is 287 g/mol. The second-order valence-electron chi connectivity index (χ2n) is 4.74. The van der Waals surface area contributed by atoms with Crippen LogP contribution in [0.3, 0.4) is 0 Å². The number of carbonyl (C=O) groups is 1. The van der Waals surface area contributed by atoms with E-state index in [1.807, 2.05) is 0 Å². The molecular formula is C15H14FN3O2. The van der Waals surface area contributed by atoms with Gasteiger partial charge in [0.15, 0.2) is 0 Å². The molecule has 0 fully saturated rings. The van der Waals surface area contributed by atoms with Gasteiger partial charge in [0.2, 0.25) is 0 Å². The van der Waals surface area contributed by atoms with Crippen LogP contribution in [0.5, 0.6) is 0 Å². The van der Waals surface area contributed by atoms with Gasteiger partial charge in [0.25, 0.3) is 5.91 Å². The Morgan fingerprint density at radius 1 is 1.43 bits per heavy atom. The predicted octanol–water partition coefficient (Wildman–Crippen LogP) is 2.58. The van der Waals surface area contributed by atoms with Crippen LogP contribution in [-0.4, -0.2) is 22.4 Å². The third-order valence-corrected chi connectivity index (χ3v) is 3.24. The molecule has 1 aromatic carbocycles. The molecule has 0 saturated heterocycles. The number of hydrogen-bond donors (Lipinski definition) is 2. The molecule has 6 heteroatoms. The molecule has 2 heterocycles. The number of aromatic amines is 1. The number of nitrogens with zero attached hydrogens (tertiary/aromatic N) is 1. The molecule has 108 valence electrons. The molecular weight excluding hydrogens is 273 g/mol. The fourth-order valence-corrected chi connectivity index (χ4v) is 2.16. The molecule has 2 aromatic heterocycles. The Bertz CT molecular complexity index is 791. The van der Waals surface area contributed by atoms with Gasteiger partial charge in [-0.3, -0.25) is 4.79 Å². The number of furan rings is 1. The summed E-state index contributed by atoms with van der Waals surface area (Å²) >= 11 is 0. The number of H-pyrrole nitrogens is 1. The van der Waals surface area contributed by atoms with E-state index < -0.39 is 0 Å². The van der Waals surface area contributed by atoms with Crippen molar-refractivity contribution in [2.75, 3.05) is 6.54 Å². The molecule has 0 saturated carbocycles. The second-order valence-corrected chi connectivity index (χ2v) is 4.74. The zero-order chi connectivity index (χ0) is 14.8. The number of benzene rings is 1. The van der Waals surface area contributed by atoms with Crippen LogP contribution in [0.4, 0.5) is 4.39 Å². The Labute approximate surface area is 120 Å². The lowest BCUT2D eigenvalue weighted by Gasteiger charge is -2.02. The molecule has 3 aromatic rings. The molecule has 0 aliphatic carbocycles. The van der Waals surface area contributed by atoms with Gasteiger partial charge in [-0.05, 0) is 31.2 Å². The number of halogens is 1. The first-order valence-electron chi connectivity index (χ1n) is 6.60. The minimum absolute atomic E-state index is 0.177. The average Bonchev–Trinajstić information content (AvgIpc) is 3.04. The molecule has 21 heavy (non-hydrogen) atoms. The number of aryl methyl sites for hydroxylation is 1. The Balaban J connectivity index is 1.62. The number of aromatic nitrogens is 2. The van der Waals surface area contributed by atoms with Gasteiger partial charge in [0.05, 0.1) is 22.9 Å². The van der Waals surface area contributed by atoms with Gasteiger partial charge in [-0.2, -0.15) is 0 Å². The van der Waals surface area contributed by atoms with Crippen molar-refractivity contribution < 1.29 is 13.6 Å². The summed E-state index contributed by atoms with van der Waals surface area (Å²) < 4.78 is 18.2. The molecule has 1 amide bonds. The molecule has 0 bridgehead atoms. The second kappa shape index (κ2) is 5.40. The maximum Gasteiger partial charge on any atom is 0.254 e. The summed E-state index contributed by atoms with van der Waals surface area (Å²) in [5.74, 6) is 0.816. The molecule has 5 nitrogen and oxygen atoms in total. The highest BCUT2D eigenvalue weighted by molar-refractivity contribution is 5.95. The molecule has 0 atom stereocenters. The number of nitrogens with one attached hydrogen (secondary N) is 2. The van der Waals surface area contributed by atoms with Gasteiger partial charge >= 0.3 is 0 Å². The van der Waals surface area contributed by atoms with Crippen molar-refractivity contribution in [1.29, 1.82) is 0 Å². The minimum atomic E-state index is -0.304. The first kappa shape index (κ1) is 13.4. The quantitative estimate of drug-likeness (QED) is 0.774. The standard InChI is InChI=1S/C15H14FN3O2/c1-9-11(5-7-21-9)15(20)17-6-4-14-18-12-3-2-10(16)8-13(12)19-14/h2-3,5,7-8H,4,6H2,1H3,(H,17,20)(H,18,19). The zero-order valence-corrected chi connectivity index (χ0v) is 11.4. The van der Waals surface area contributed by atoms with E-state index in [0.717, 1.165) is 0 Å². The van der Waals surface area contributed by atoms with Gasteiger partial charge in [0.1, 0.15) is 17.4 Å². The number of fused-ring (bicyclic) bond motifs is 1. The van der Waals surface area contributed by atoms with Crippen molar-refractivity contribution >= 4 is 16.9 Å². The summed E-state index contributed by atoms with van der Waals surface area (Å²) in [6.45, 7) is 2.18.